The molecule has 0 aromatic heterocycles. The lowest BCUT2D eigenvalue weighted by Gasteiger charge is -2.29. The quantitative estimate of drug-likeness (QED) is 0.700. The zero-order chi connectivity index (χ0) is 15.2. The van der Waals surface area contributed by atoms with Crippen molar-refractivity contribution in [2.75, 3.05) is 19.8 Å². The smallest absolute Gasteiger partial charge is 0.241 e. The van der Waals surface area contributed by atoms with Gasteiger partial charge in [-0.05, 0) is 37.5 Å². The average Bonchev–Trinajstić information content (AvgIpc) is 3.07. The van der Waals surface area contributed by atoms with E-state index >= 15 is 0 Å². The molecule has 2 fully saturated rings. The number of nitrogens with one attached hydrogen (secondary N) is 1. The van der Waals surface area contributed by atoms with Crippen LogP contribution < -0.4 is 5.32 Å². The van der Waals surface area contributed by atoms with Crippen molar-refractivity contribution in [3.05, 3.63) is 0 Å². The Kier molecular flexibility index (Phi) is 6.49. The summed E-state index contributed by atoms with van der Waals surface area (Å²) in [5.41, 5.74) is 0. The van der Waals surface area contributed by atoms with Gasteiger partial charge in [0.2, 0.25) is 5.91 Å². The van der Waals surface area contributed by atoms with E-state index in [0.717, 1.165) is 32.6 Å². The second kappa shape index (κ2) is 8.14. The number of carbonyl (C=O) groups excluding carboxylic acids is 1. The van der Waals surface area contributed by atoms with Crippen LogP contribution in [0, 0.1) is 11.8 Å². The van der Waals surface area contributed by atoms with E-state index in [-0.39, 0.29) is 12.2 Å². The van der Waals surface area contributed by atoms with Crippen LogP contribution >= 0.6 is 0 Å². The van der Waals surface area contributed by atoms with Crippen LogP contribution in [0.15, 0.2) is 0 Å². The first-order valence-corrected chi connectivity index (χ1v) is 8.77. The highest BCUT2D eigenvalue weighted by atomic mass is 16.5. The van der Waals surface area contributed by atoms with Crippen molar-refractivity contribution < 1.29 is 9.53 Å². The fraction of sp³-hybridized carbons (Fsp3) is 0.941. The second-order valence-corrected chi connectivity index (χ2v) is 6.97. The van der Waals surface area contributed by atoms with Gasteiger partial charge in [0.1, 0.15) is 0 Å². The van der Waals surface area contributed by atoms with E-state index in [2.05, 4.69) is 31.0 Å². The van der Waals surface area contributed by atoms with Crippen molar-refractivity contribution in [2.24, 2.45) is 11.8 Å². The maximum Gasteiger partial charge on any atom is 0.241 e. The Labute approximate surface area is 129 Å². The molecule has 1 aliphatic carbocycles. The molecule has 2 rings (SSSR count). The van der Waals surface area contributed by atoms with Gasteiger partial charge in [-0.2, -0.15) is 0 Å². The van der Waals surface area contributed by atoms with Crippen LogP contribution in [-0.2, 0) is 9.53 Å². The van der Waals surface area contributed by atoms with Crippen LogP contribution in [0.2, 0.25) is 0 Å². The molecule has 0 spiro atoms. The molecular formula is C17H32N2O2. The SMILES string of the molecule is CCC1NC(C2CCCC2)N(CCCOCC(C)C)C1=O. The lowest BCUT2D eigenvalue weighted by Crippen LogP contribution is -2.43. The van der Waals surface area contributed by atoms with Gasteiger partial charge in [0.25, 0.3) is 0 Å². The molecule has 1 amide bonds. The van der Waals surface area contributed by atoms with Gasteiger partial charge < -0.3 is 9.64 Å². The third-order valence-electron chi connectivity index (χ3n) is 4.68. The Bertz CT molecular complexity index is 327. The topological polar surface area (TPSA) is 41.6 Å². The molecule has 1 N–H and O–H groups in total. The summed E-state index contributed by atoms with van der Waals surface area (Å²) in [5.74, 6) is 1.54. The highest BCUT2D eigenvalue weighted by molar-refractivity contribution is 5.84. The summed E-state index contributed by atoms with van der Waals surface area (Å²) in [6.07, 6.45) is 7.28. The molecule has 0 radical (unpaired) electrons. The first-order valence-electron chi connectivity index (χ1n) is 8.77. The molecule has 122 valence electrons. The van der Waals surface area contributed by atoms with E-state index in [4.69, 9.17) is 4.74 Å². The number of amides is 1. The van der Waals surface area contributed by atoms with Gasteiger partial charge in [-0.3, -0.25) is 10.1 Å². The molecule has 1 saturated carbocycles. The molecule has 1 saturated heterocycles. The zero-order valence-electron chi connectivity index (χ0n) is 13.9. The maximum atomic E-state index is 12.5. The molecule has 21 heavy (non-hydrogen) atoms. The third kappa shape index (κ3) is 4.43. The lowest BCUT2D eigenvalue weighted by molar-refractivity contribution is -0.130. The van der Waals surface area contributed by atoms with Gasteiger partial charge in [-0.15, -0.1) is 0 Å². The Morgan fingerprint density at radius 3 is 2.67 bits per heavy atom. The normalized spacial score (nSPS) is 27.2. The third-order valence-corrected chi connectivity index (χ3v) is 4.68. The minimum Gasteiger partial charge on any atom is -0.381 e. The van der Waals surface area contributed by atoms with Crippen molar-refractivity contribution in [2.45, 2.75) is 71.5 Å². The zero-order valence-corrected chi connectivity index (χ0v) is 13.9. The fourth-order valence-corrected chi connectivity index (χ4v) is 3.57. The van der Waals surface area contributed by atoms with Gasteiger partial charge in [0.15, 0.2) is 0 Å². The predicted octanol–water partition coefficient (Wildman–Crippen LogP) is 2.78. The van der Waals surface area contributed by atoms with E-state index < -0.39 is 0 Å². The van der Waals surface area contributed by atoms with E-state index in [1.807, 2.05) is 0 Å². The average molecular weight is 296 g/mol. The summed E-state index contributed by atoms with van der Waals surface area (Å²) in [6.45, 7) is 8.83. The van der Waals surface area contributed by atoms with E-state index in [0.29, 0.717) is 17.7 Å². The molecule has 2 aliphatic rings. The van der Waals surface area contributed by atoms with Gasteiger partial charge in [0, 0.05) is 19.8 Å². The molecule has 4 heteroatoms. The largest absolute Gasteiger partial charge is 0.381 e. The molecule has 2 atom stereocenters. The van der Waals surface area contributed by atoms with Crippen LogP contribution in [0.1, 0.15) is 59.3 Å². The van der Waals surface area contributed by atoms with Crippen LogP contribution in [0.4, 0.5) is 0 Å². The molecule has 1 heterocycles. The minimum absolute atomic E-state index is 0.0344. The molecule has 1 aliphatic heterocycles. The standard InChI is InChI=1S/C17H32N2O2/c1-4-15-17(20)19(10-7-11-21-12-13(2)3)16(18-15)14-8-5-6-9-14/h13-16,18H,4-12H2,1-3H3. The Morgan fingerprint density at radius 1 is 1.33 bits per heavy atom. The van der Waals surface area contributed by atoms with E-state index in [9.17, 15) is 4.79 Å². The minimum atomic E-state index is 0.0344. The Balaban J connectivity index is 1.82. The van der Waals surface area contributed by atoms with Crippen molar-refractivity contribution in [3.8, 4) is 0 Å². The molecule has 0 aromatic carbocycles. The summed E-state index contributed by atoms with van der Waals surface area (Å²) >= 11 is 0. The summed E-state index contributed by atoms with van der Waals surface area (Å²) in [5, 5.41) is 3.58. The van der Waals surface area contributed by atoms with Gasteiger partial charge in [-0.25, -0.2) is 0 Å². The summed E-state index contributed by atoms with van der Waals surface area (Å²) in [6, 6.07) is 0.0344. The molecule has 4 nitrogen and oxygen atoms in total. The number of rotatable bonds is 8. The number of hydrogen-bond donors (Lipinski definition) is 1. The number of hydrogen-bond acceptors (Lipinski definition) is 3. The number of carbonyl (C=O) groups is 1. The summed E-state index contributed by atoms with van der Waals surface area (Å²) in [7, 11) is 0. The molecule has 0 bridgehead atoms. The first kappa shape index (κ1) is 16.8. The fourth-order valence-electron chi connectivity index (χ4n) is 3.57. The van der Waals surface area contributed by atoms with Crippen LogP contribution in [0.3, 0.4) is 0 Å². The lowest BCUT2D eigenvalue weighted by atomic mass is 10.0. The van der Waals surface area contributed by atoms with E-state index in [1.165, 1.54) is 25.7 Å². The van der Waals surface area contributed by atoms with Crippen molar-refractivity contribution in [1.29, 1.82) is 0 Å². The van der Waals surface area contributed by atoms with Gasteiger partial charge in [0.05, 0.1) is 12.2 Å². The second-order valence-electron chi connectivity index (χ2n) is 6.97. The van der Waals surface area contributed by atoms with Crippen LogP contribution in [-0.4, -0.2) is 42.8 Å². The summed E-state index contributed by atoms with van der Waals surface area (Å²) in [4.78, 5) is 14.6. The highest BCUT2D eigenvalue weighted by Gasteiger charge is 2.41. The first-order chi connectivity index (χ1) is 10.1. The van der Waals surface area contributed by atoms with Gasteiger partial charge in [-0.1, -0.05) is 33.6 Å². The van der Waals surface area contributed by atoms with Crippen molar-refractivity contribution >= 4 is 5.91 Å². The maximum absolute atomic E-state index is 12.5. The summed E-state index contributed by atoms with van der Waals surface area (Å²) < 4.78 is 5.65. The molecule has 2 unspecified atom stereocenters. The number of nitrogens with zero attached hydrogens (tertiary/aromatic N) is 1. The predicted molar refractivity (Wildman–Crippen MR) is 84.9 cm³/mol. The Hall–Kier alpha value is -0.610. The van der Waals surface area contributed by atoms with Crippen molar-refractivity contribution in [3.63, 3.8) is 0 Å². The molecule has 0 aromatic rings. The van der Waals surface area contributed by atoms with Crippen LogP contribution in [0.25, 0.3) is 0 Å². The highest BCUT2D eigenvalue weighted by Crippen LogP contribution is 2.32. The van der Waals surface area contributed by atoms with Crippen molar-refractivity contribution in [1.82, 2.24) is 10.2 Å². The monoisotopic (exact) mass is 296 g/mol. The molecular weight excluding hydrogens is 264 g/mol. The number of ether oxygens (including phenoxy) is 1. The van der Waals surface area contributed by atoms with E-state index in [1.54, 1.807) is 0 Å². The van der Waals surface area contributed by atoms with Crippen LogP contribution in [0.5, 0.6) is 0 Å². The Morgan fingerprint density at radius 2 is 2.05 bits per heavy atom. The van der Waals surface area contributed by atoms with Gasteiger partial charge >= 0.3 is 0 Å².